The average molecular weight is 251 g/mol. The Morgan fingerprint density at radius 1 is 1.47 bits per heavy atom. The quantitative estimate of drug-likeness (QED) is 0.786. The van der Waals surface area contributed by atoms with E-state index in [4.69, 9.17) is 0 Å². The molecule has 0 aromatic carbocycles. The fraction of sp³-hybridized carbons (Fsp3) is 0.667. The Balaban J connectivity index is 1.66. The second-order valence-corrected chi connectivity index (χ2v) is 5.82. The average Bonchev–Trinajstić information content (AvgIpc) is 2.76. The van der Waals surface area contributed by atoms with Crippen molar-refractivity contribution < 1.29 is 4.79 Å². The molecule has 5 heteroatoms. The lowest BCUT2D eigenvalue weighted by atomic mass is 10.0. The van der Waals surface area contributed by atoms with Crippen LogP contribution in [0.15, 0.2) is 5.38 Å². The molecule has 3 saturated heterocycles. The third-order valence-electron chi connectivity index (χ3n) is 3.64. The second-order valence-electron chi connectivity index (χ2n) is 4.88. The van der Waals surface area contributed by atoms with Crippen molar-refractivity contribution >= 4 is 17.1 Å². The number of hydrogen-bond acceptors (Lipinski definition) is 5. The second kappa shape index (κ2) is 4.48. The van der Waals surface area contributed by atoms with E-state index in [2.05, 4.69) is 14.8 Å². The lowest BCUT2D eigenvalue weighted by Gasteiger charge is -2.46. The number of aryl methyl sites for hydroxylation is 1. The van der Waals surface area contributed by atoms with Crippen LogP contribution in [0.3, 0.4) is 0 Å². The molecule has 0 spiro atoms. The molecule has 3 aliphatic rings. The summed E-state index contributed by atoms with van der Waals surface area (Å²) < 4.78 is 0. The number of carbonyl (C=O) groups is 1. The summed E-state index contributed by atoms with van der Waals surface area (Å²) in [7, 11) is 0. The molecule has 17 heavy (non-hydrogen) atoms. The molecule has 2 bridgehead atoms. The number of hydrogen-bond donors (Lipinski definition) is 0. The third-order valence-corrected chi connectivity index (χ3v) is 4.61. The predicted molar refractivity (Wildman–Crippen MR) is 67.4 cm³/mol. The van der Waals surface area contributed by atoms with Gasteiger partial charge in [0.2, 0.25) is 0 Å². The maximum absolute atomic E-state index is 12.3. The van der Waals surface area contributed by atoms with Gasteiger partial charge in [-0.3, -0.25) is 14.6 Å². The van der Waals surface area contributed by atoms with Crippen molar-refractivity contribution in [2.75, 3.05) is 32.7 Å². The fourth-order valence-electron chi connectivity index (χ4n) is 2.67. The Bertz CT molecular complexity index is 423. The first-order valence-corrected chi connectivity index (χ1v) is 7.00. The number of carbonyl (C=O) groups excluding carboxylic acids is 1. The Morgan fingerprint density at radius 2 is 2.24 bits per heavy atom. The summed E-state index contributed by atoms with van der Waals surface area (Å²) in [6.07, 6.45) is 0.507. The van der Waals surface area contributed by atoms with Crippen molar-refractivity contribution in [2.24, 2.45) is 0 Å². The van der Waals surface area contributed by atoms with Crippen molar-refractivity contribution in [1.29, 1.82) is 0 Å². The van der Waals surface area contributed by atoms with E-state index in [1.54, 1.807) is 11.3 Å². The van der Waals surface area contributed by atoms with Crippen LogP contribution in [-0.2, 0) is 11.2 Å². The first kappa shape index (κ1) is 11.3. The first-order chi connectivity index (χ1) is 8.22. The molecule has 1 aromatic rings. The molecule has 1 atom stereocenters. The van der Waals surface area contributed by atoms with Crippen molar-refractivity contribution in [1.82, 2.24) is 14.8 Å². The molecule has 0 N–H and O–H groups in total. The molecule has 1 unspecified atom stereocenters. The van der Waals surface area contributed by atoms with Gasteiger partial charge in [0.15, 0.2) is 5.78 Å². The summed E-state index contributed by atoms with van der Waals surface area (Å²) in [4.78, 5) is 21.4. The van der Waals surface area contributed by atoms with Crippen LogP contribution in [-0.4, -0.2) is 59.3 Å². The molecule has 0 aliphatic carbocycles. The van der Waals surface area contributed by atoms with Gasteiger partial charge < -0.3 is 0 Å². The van der Waals surface area contributed by atoms with Crippen LogP contribution in [0.5, 0.6) is 0 Å². The predicted octanol–water partition coefficient (Wildman–Crippen LogP) is 0.563. The lowest BCUT2D eigenvalue weighted by Crippen LogP contribution is -2.63. The molecule has 4 nitrogen and oxygen atoms in total. The number of thiazole rings is 1. The molecule has 0 saturated carbocycles. The van der Waals surface area contributed by atoms with Crippen LogP contribution in [0.4, 0.5) is 0 Å². The van der Waals surface area contributed by atoms with Crippen molar-refractivity contribution in [3.8, 4) is 0 Å². The minimum absolute atomic E-state index is 0.113. The van der Waals surface area contributed by atoms with E-state index in [1.165, 1.54) is 0 Å². The van der Waals surface area contributed by atoms with Gasteiger partial charge in [0, 0.05) is 43.8 Å². The Hall–Kier alpha value is -0.780. The van der Waals surface area contributed by atoms with E-state index in [9.17, 15) is 4.79 Å². The number of aromatic nitrogens is 1. The van der Waals surface area contributed by atoms with E-state index in [1.807, 2.05) is 12.3 Å². The van der Waals surface area contributed by atoms with Gasteiger partial charge in [0.25, 0.3) is 0 Å². The number of nitrogens with zero attached hydrogens (tertiary/aromatic N) is 3. The summed E-state index contributed by atoms with van der Waals surface area (Å²) in [6.45, 7) is 7.24. The highest BCUT2D eigenvalue weighted by Gasteiger charge is 2.36. The summed E-state index contributed by atoms with van der Waals surface area (Å²) in [5, 5.41) is 2.98. The third kappa shape index (κ3) is 2.27. The topological polar surface area (TPSA) is 36.4 Å². The van der Waals surface area contributed by atoms with E-state index in [0.717, 1.165) is 43.4 Å². The van der Waals surface area contributed by atoms with Crippen LogP contribution in [0, 0.1) is 6.92 Å². The number of ketones is 1. The summed E-state index contributed by atoms with van der Waals surface area (Å²) in [5.74, 6) is 0.337. The maximum atomic E-state index is 12.3. The maximum Gasteiger partial charge on any atom is 0.158 e. The van der Waals surface area contributed by atoms with E-state index >= 15 is 0 Å². The number of rotatable bonds is 3. The highest BCUT2D eigenvalue weighted by molar-refractivity contribution is 7.09. The monoisotopic (exact) mass is 251 g/mol. The van der Waals surface area contributed by atoms with E-state index in [0.29, 0.717) is 12.2 Å². The largest absolute Gasteiger partial charge is 0.299 e. The Labute approximate surface area is 105 Å². The molecule has 4 heterocycles. The lowest BCUT2D eigenvalue weighted by molar-refractivity contribution is -0.128. The molecule has 92 valence electrons. The molecule has 3 fully saturated rings. The minimum Gasteiger partial charge on any atom is -0.299 e. The number of piperazine rings is 3. The van der Waals surface area contributed by atoms with Crippen LogP contribution >= 0.6 is 11.3 Å². The first-order valence-electron chi connectivity index (χ1n) is 6.12. The molecule has 4 rings (SSSR count). The van der Waals surface area contributed by atoms with Gasteiger partial charge in [-0.15, -0.1) is 11.3 Å². The zero-order valence-corrected chi connectivity index (χ0v) is 10.9. The Morgan fingerprint density at radius 3 is 2.76 bits per heavy atom. The van der Waals surface area contributed by atoms with Gasteiger partial charge in [0.05, 0.1) is 12.5 Å². The molecular weight excluding hydrogens is 234 g/mol. The summed E-state index contributed by atoms with van der Waals surface area (Å²) in [6, 6.07) is 0.113. The van der Waals surface area contributed by atoms with Crippen LogP contribution < -0.4 is 0 Å². The highest BCUT2D eigenvalue weighted by atomic mass is 32.1. The van der Waals surface area contributed by atoms with Gasteiger partial charge in [-0.2, -0.15) is 0 Å². The van der Waals surface area contributed by atoms with Crippen LogP contribution in [0.2, 0.25) is 0 Å². The summed E-state index contributed by atoms with van der Waals surface area (Å²) >= 11 is 1.60. The Kier molecular flexibility index (Phi) is 2.98. The van der Waals surface area contributed by atoms with Gasteiger partial charge in [-0.05, 0) is 6.92 Å². The van der Waals surface area contributed by atoms with Crippen molar-refractivity contribution in [3.05, 3.63) is 16.1 Å². The molecule has 1 aromatic heterocycles. The number of Topliss-reactive ketones (excluding diaryl/α,β-unsaturated/α-hetero) is 1. The van der Waals surface area contributed by atoms with Gasteiger partial charge in [0.1, 0.15) is 5.01 Å². The van der Waals surface area contributed by atoms with Gasteiger partial charge in [-0.1, -0.05) is 0 Å². The van der Waals surface area contributed by atoms with Crippen molar-refractivity contribution in [3.63, 3.8) is 0 Å². The molecule has 0 amide bonds. The highest BCUT2D eigenvalue weighted by Crippen LogP contribution is 2.18. The minimum atomic E-state index is 0.113. The van der Waals surface area contributed by atoms with Gasteiger partial charge in [-0.25, -0.2) is 4.98 Å². The van der Waals surface area contributed by atoms with Crippen LogP contribution in [0.1, 0.15) is 10.7 Å². The zero-order valence-electron chi connectivity index (χ0n) is 10.1. The fourth-order valence-corrected chi connectivity index (χ4v) is 3.46. The van der Waals surface area contributed by atoms with E-state index in [-0.39, 0.29) is 6.04 Å². The zero-order chi connectivity index (χ0) is 11.8. The molecule has 3 aliphatic heterocycles. The summed E-state index contributed by atoms with van der Waals surface area (Å²) in [5.41, 5.74) is 1.02. The van der Waals surface area contributed by atoms with Crippen molar-refractivity contribution in [2.45, 2.75) is 19.4 Å². The SMILES string of the molecule is Cc1csc(CC(=O)C2CN3CCN2CC3)n1. The molecular formula is C12H17N3OS. The standard InChI is InChI=1S/C12H17N3OS/c1-9-8-17-12(13-9)6-11(16)10-7-14-2-4-15(10)5-3-14/h8,10H,2-7H2,1H3. The normalized spacial score (nSPS) is 31.7. The smallest absolute Gasteiger partial charge is 0.158 e. The number of fused-ring (bicyclic) bond motifs is 3. The van der Waals surface area contributed by atoms with E-state index < -0.39 is 0 Å². The van der Waals surface area contributed by atoms with Crippen LogP contribution in [0.25, 0.3) is 0 Å². The van der Waals surface area contributed by atoms with Gasteiger partial charge >= 0.3 is 0 Å². The molecule has 0 radical (unpaired) electrons.